The molecule has 2 aliphatic heterocycles. The number of amides is 1. The first-order valence-electron chi connectivity index (χ1n) is 9.43. The van der Waals surface area contributed by atoms with E-state index in [0.29, 0.717) is 5.92 Å². The van der Waals surface area contributed by atoms with Gasteiger partial charge in [0.05, 0.1) is 12.1 Å². The molecule has 0 saturated carbocycles. The van der Waals surface area contributed by atoms with Crippen molar-refractivity contribution in [1.29, 1.82) is 0 Å². The van der Waals surface area contributed by atoms with E-state index in [0.717, 1.165) is 44.5 Å². The summed E-state index contributed by atoms with van der Waals surface area (Å²) in [5, 5.41) is 7.12. The molecular formula is C20H25FN4O. The Morgan fingerprint density at radius 3 is 2.50 bits per heavy atom. The van der Waals surface area contributed by atoms with Gasteiger partial charge in [0.15, 0.2) is 0 Å². The highest BCUT2D eigenvalue weighted by molar-refractivity contribution is 5.84. The van der Waals surface area contributed by atoms with E-state index in [1.807, 2.05) is 17.9 Å². The molecule has 2 atom stereocenters. The molecule has 0 radical (unpaired) electrons. The van der Waals surface area contributed by atoms with Crippen molar-refractivity contribution >= 4 is 5.91 Å². The fourth-order valence-electron chi connectivity index (χ4n) is 4.35. The maximum absolute atomic E-state index is 13.1. The number of aromatic nitrogens is 2. The Hall–Kier alpha value is -2.21. The van der Waals surface area contributed by atoms with Crippen LogP contribution >= 0.6 is 0 Å². The molecule has 1 aromatic heterocycles. The van der Waals surface area contributed by atoms with Crippen LogP contribution < -0.4 is 0 Å². The van der Waals surface area contributed by atoms with Gasteiger partial charge in [-0.3, -0.25) is 14.8 Å². The number of benzene rings is 1. The first-order chi connectivity index (χ1) is 12.6. The van der Waals surface area contributed by atoms with Crippen molar-refractivity contribution in [2.24, 2.45) is 0 Å². The number of carbonyl (C=O) groups is 1. The van der Waals surface area contributed by atoms with Gasteiger partial charge in [0.25, 0.3) is 0 Å². The van der Waals surface area contributed by atoms with Crippen molar-refractivity contribution in [3.63, 3.8) is 0 Å². The zero-order valence-corrected chi connectivity index (χ0v) is 15.1. The van der Waals surface area contributed by atoms with E-state index in [1.54, 1.807) is 18.3 Å². The number of hydrogen-bond acceptors (Lipinski definition) is 3. The Labute approximate surface area is 153 Å². The molecule has 1 aromatic carbocycles. The molecule has 138 valence electrons. The smallest absolute Gasteiger partial charge is 0.240 e. The van der Waals surface area contributed by atoms with Crippen LogP contribution in [0.15, 0.2) is 36.5 Å². The summed E-state index contributed by atoms with van der Waals surface area (Å²) in [5.74, 6) is 0.480. The Kier molecular flexibility index (Phi) is 4.76. The van der Waals surface area contributed by atoms with Crippen molar-refractivity contribution in [3.8, 4) is 0 Å². The molecule has 0 aliphatic carbocycles. The Bertz CT molecular complexity index is 738. The number of piperidine rings is 1. The van der Waals surface area contributed by atoms with Gasteiger partial charge in [0, 0.05) is 24.4 Å². The second kappa shape index (κ2) is 7.19. The van der Waals surface area contributed by atoms with E-state index in [9.17, 15) is 9.18 Å². The molecule has 3 heterocycles. The lowest BCUT2D eigenvalue weighted by molar-refractivity contribution is -0.134. The molecule has 0 bridgehead atoms. The largest absolute Gasteiger partial charge is 0.335 e. The summed E-state index contributed by atoms with van der Waals surface area (Å²) in [6.07, 6.45) is 4.79. The standard InChI is InChI=1S/C20H25FN4O/c1-14(15-2-4-17(21)5-3-15)25-13-9-19(20(25)26)24-11-7-16(8-12-24)18-6-10-22-23-18/h2-6,10,14,16,19H,7-9,11-13H2,1H3,(H,22,23)/t14-,19-/m0/s1. The van der Waals surface area contributed by atoms with Gasteiger partial charge in [-0.05, 0) is 63.0 Å². The van der Waals surface area contributed by atoms with Crippen molar-refractivity contribution in [2.45, 2.75) is 44.2 Å². The van der Waals surface area contributed by atoms with Crippen LogP contribution in [0, 0.1) is 5.82 Å². The first kappa shape index (κ1) is 17.2. The van der Waals surface area contributed by atoms with Gasteiger partial charge >= 0.3 is 0 Å². The highest BCUT2D eigenvalue weighted by Gasteiger charge is 2.39. The minimum absolute atomic E-state index is 0.0133. The van der Waals surface area contributed by atoms with Gasteiger partial charge in [0.2, 0.25) is 5.91 Å². The number of carbonyl (C=O) groups excluding carboxylic acids is 1. The number of likely N-dealkylation sites (tertiary alicyclic amines) is 2. The predicted octanol–water partition coefficient (Wildman–Crippen LogP) is 3.09. The molecule has 1 amide bonds. The van der Waals surface area contributed by atoms with Crippen LogP contribution in [0.1, 0.15) is 49.4 Å². The summed E-state index contributed by atoms with van der Waals surface area (Å²) in [4.78, 5) is 17.3. The predicted molar refractivity (Wildman–Crippen MR) is 97.1 cm³/mol. The maximum Gasteiger partial charge on any atom is 0.240 e. The molecule has 26 heavy (non-hydrogen) atoms. The minimum Gasteiger partial charge on any atom is -0.335 e. The lowest BCUT2D eigenvalue weighted by Gasteiger charge is -2.35. The summed E-state index contributed by atoms with van der Waals surface area (Å²) >= 11 is 0. The number of rotatable bonds is 4. The highest BCUT2D eigenvalue weighted by Crippen LogP contribution is 2.32. The van der Waals surface area contributed by atoms with Gasteiger partial charge in [-0.15, -0.1) is 0 Å². The maximum atomic E-state index is 13.1. The van der Waals surface area contributed by atoms with Crippen LogP contribution in [0.2, 0.25) is 0 Å². The molecular weight excluding hydrogens is 331 g/mol. The Morgan fingerprint density at radius 2 is 1.85 bits per heavy atom. The van der Waals surface area contributed by atoms with Crippen LogP contribution in [0.5, 0.6) is 0 Å². The molecule has 6 heteroatoms. The van der Waals surface area contributed by atoms with Gasteiger partial charge in [-0.25, -0.2) is 4.39 Å². The first-order valence-corrected chi connectivity index (χ1v) is 9.43. The zero-order chi connectivity index (χ0) is 18.1. The number of H-pyrrole nitrogens is 1. The molecule has 2 aromatic rings. The Balaban J connectivity index is 1.37. The van der Waals surface area contributed by atoms with Crippen LogP contribution in [0.4, 0.5) is 4.39 Å². The number of halogens is 1. The number of nitrogens with one attached hydrogen (secondary N) is 1. The average molecular weight is 356 g/mol. The fraction of sp³-hybridized carbons (Fsp3) is 0.500. The molecule has 2 fully saturated rings. The molecule has 4 rings (SSSR count). The van der Waals surface area contributed by atoms with Crippen molar-refractivity contribution in [1.82, 2.24) is 20.0 Å². The minimum atomic E-state index is -0.244. The second-order valence-corrected chi connectivity index (χ2v) is 7.39. The molecule has 2 aliphatic rings. The quantitative estimate of drug-likeness (QED) is 0.916. The summed E-state index contributed by atoms with van der Waals surface area (Å²) in [7, 11) is 0. The summed E-state index contributed by atoms with van der Waals surface area (Å²) < 4.78 is 13.1. The third-order valence-electron chi connectivity index (χ3n) is 5.96. The van der Waals surface area contributed by atoms with Gasteiger partial charge in [0.1, 0.15) is 5.82 Å². The van der Waals surface area contributed by atoms with Gasteiger partial charge < -0.3 is 4.90 Å². The molecule has 5 nitrogen and oxygen atoms in total. The second-order valence-electron chi connectivity index (χ2n) is 7.39. The van der Waals surface area contributed by atoms with Crippen molar-refractivity contribution in [2.75, 3.05) is 19.6 Å². The SMILES string of the molecule is C[C@@H](c1ccc(F)cc1)N1CC[C@H](N2CCC(c3ccn[nH]3)CC2)C1=O. The number of hydrogen-bond donors (Lipinski definition) is 1. The summed E-state index contributed by atoms with van der Waals surface area (Å²) in [6, 6.07) is 8.49. The topological polar surface area (TPSA) is 52.2 Å². The van der Waals surface area contributed by atoms with E-state index in [4.69, 9.17) is 0 Å². The third-order valence-corrected chi connectivity index (χ3v) is 5.96. The van der Waals surface area contributed by atoms with Crippen molar-refractivity contribution in [3.05, 3.63) is 53.6 Å². The molecule has 0 unspecified atom stereocenters. The summed E-state index contributed by atoms with van der Waals surface area (Å²) in [6.45, 7) is 4.68. The van der Waals surface area contributed by atoms with E-state index in [-0.39, 0.29) is 23.8 Å². The lowest BCUT2D eigenvalue weighted by Crippen LogP contribution is -2.45. The van der Waals surface area contributed by atoms with Crippen LogP contribution in [-0.4, -0.2) is 51.6 Å². The van der Waals surface area contributed by atoms with Crippen LogP contribution in [0.25, 0.3) is 0 Å². The highest BCUT2D eigenvalue weighted by atomic mass is 19.1. The fourth-order valence-corrected chi connectivity index (χ4v) is 4.35. The molecule has 1 N–H and O–H groups in total. The zero-order valence-electron chi connectivity index (χ0n) is 15.1. The number of nitrogens with zero attached hydrogens (tertiary/aromatic N) is 3. The van der Waals surface area contributed by atoms with Crippen molar-refractivity contribution < 1.29 is 9.18 Å². The normalized spacial score (nSPS) is 23.5. The van der Waals surface area contributed by atoms with Crippen LogP contribution in [-0.2, 0) is 4.79 Å². The lowest BCUT2D eigenvalue weighted by atomic mass is 9.92. The van der Waals surface area contributed by atoms with E-state index >= 15 is 0 Å². The van der Waals surface area contributed by atoms with E-state index < -0.39 is 0 Å². The van der Waals surface area contributed by atoms with Gasteiger partial charge in [-0.2, -0.15) is 5.10 Å². The monoisotopic (exact) mass is 356 g/mol. The van der Waals surface area contributed by atoms with E-state index in [2.05, 4.69) is 15.1 Å². The molecule has 0 spiro atoms. The molecule has 2 saturated heterocycles. The Morgan fingerprint density at radius 1 is 1.12 bits per heavy atom. The van der Waals surface area contributed by atoms with Crippen LogP contribution in [0.3, 0.4) is 0 Å². The summed E-state index contributed by atoms with van der Waals surface area (Å²) in [5.41, 5.74) is 2.19. The van der Waals surface area contributed by atoms with E-state index in [1.165, 1.54) is 17.8 Å². The third kappa shape index (κ3) is 3.26. The number of aromatic amines is 1. The average Bonchev–Trinajstić information content (AvgIpc) is 3.32. The van der Waals surface area contributed by atoms with Gasteiger partial charge in [-0.1, -0.05) is 12.1 Å².